The first-order valence-corrected chi connectivity index (χ1v) is 6.35. The molecule has 2 heterocycles. The Hall–Kier alpha value is -1.20. The van der Waals surface area contributed by atoms with E-state index in [1.807, 2.05) is 6.92 Å². The predicted molar refractivity (Wildman–Crippen MR) is 66.0 cm³/mol. The highest BCUT2D eigenvalue weighted by atomic mass is 19.1. The number of pyridine rings is 1. The number of aromatic nitrogens is 1. The van der Waals surface area contributed by atoms with E-state index in [9.17, 15) is 4.39 Å². The molecule has 0 spiro atoms. The van der Waals surface area contributed by atoms with Crippen LogP contribution in [-0.2, 0) is 11.3 Å². The molecule has 1 fully saturated rings. The van der Waals surface area contributed by atoms with E-state index in [1.165, 1.54) is 12.3 Å². The normalized spacial score (nSPS) is 19.1. The highest BCUT2D eigenvalue weighted by Crippen LogP contribution is 2.19. The van der Waals surface area contributed by atoms with Gasteiger partial charge in [0.25, 0.3) is 0 Å². The number of rotatable bonds is 6. The summed E-state index contributed by atoms with van der Waals surface area (Å²) in [5.74, 6) is 0.604. The fourth-order valence-electron chi connectivity index (χ4n) is 1.90. The lowest BCUT2D eigenvalue weighted by Crippen LogP contribution is -2.16. The molecule has 4 nitrogen and oxygen atoms in total. The summed E-state index contributed by atoms with van der Waals surface area (Å²) in [5.41, 5.74) is 0.760. The fourth-order valence-corrected chi connectivity index (χ4v) is 1.90. The number of halogens is 1. The molecule has 0 amide bonds. The summed E-state index contributed by atoms with van der Waals surface area (Å²) in [6, 6.07) is 1.47. The monoisotopic (exact) mass is 254 g/mol. The van der Waals surface area contributed by atoms with Crippen LogP contribution in [0.2, 0.25) is 0 Å². The SMILES string of the molecule is CCNCc1cc(F)cnc1OCC1CCOC1. The van der Waals surface area contributed by atoms with Crippen molar-refractivity contribution in [2.75, 3.05) is 26.4 Å². The first kappa shape index (κ1) is 13.2. The average Bonchev–Trinajstić information content (AvgIpc) is 2.88. The molecule has 1 unspecified atom stereocenters. The number of nitrogens with zero attached hydrogens (tertiary/aromatic N) is 1. The molecule has 2 rings (SSSR count). The van der Waals surface area contributed by atoms with E-state index in [1.54, 1.807) is 0 Å². The Morgan fingerprint density at radius 3 is 3.22 bits per heavy atom. The molecular weight excluding hydrogens is 235 g/mol. The van der Waals surface area contributed by atoms with Gasteiger partial charge in [-0.3, -0.25) is 0 Å². The second-order valence-corrected chi connectivity index (χ2v) is 4.44. The Bertz CT molecular complexity index is 381. The summed E-state index contributed by atoms with van der Waals surface area (Å²) in [5, 5.41) is 3.15. The van der Waals surface area contributed by atoms with E-state index in [2.05, 4.69) is 10.3 Å². The topological polar surface area (TPSA) is 43.4 Å². The molecule has 100 valence electrons. The lowest BCUT2D eigenvalue weighted by molar-refractivity contribution is 0.165. The number of hydrogen-bond donors (Lipinski definition) is 1. The molecular formula is C13H19FN2O2. The first-order valence-electron chi connectivity index (χ1n) is 6.35. The predicted octanol–water partition coefficient (Wildman–Crippen LogP) is 1.75. The second kappa shape index (κ2) is 6.66. The molecule has 1 aromatic rings. The zero-order valence-corrected chi connectivity index (χ0v) is 10.6. The minimum Gasteiger partial charge on any atom is -0.477 e. The third-order valence-electron chi connectivity index (χ3n) is 2.94. The molecule has 18 heavy (non-hydrogen) atoms. The van der Waals surface area contributed by atoms with E-state index in [0.29, 0.717) is 24.9 Å². The number of nitrogens with one attached hydrogen (secondary N) is 1. The van der Waals surface area contributed by atoms with Gasteiger partial charge in [0, 0.05) is 24.6 Å². The van der Waals surface area contributed by atoms with Crippen LogP contribution in [0.25, 0.3) is 0 Å². The Labute approximate surface area is 107 Å². The van der Waals surface area contributed by atoms with Crippen LogP contribution in [0.4, 0.5) is 4.39 Å². The van der Waals surface area contributed by atoms with Gasteiger partial charge in [-0.25, -0.2) is 9.37 Å². The number of hydrogen-bond acceptors (Lipinski definition) is 4. The molecule has 0 aromatic carbocycles. The van der Waals surface area contributed by atoms with Crippen LogP contribution in [0.15, 0.2) is 12.3 Å². The van der Waals surface area contributed by atoms with Gasteiger partial charge in [-0.05, 0) is 19.0 Å². The largest absolute Gasteiger partial charge is 0.477 e. The summed E-state index contributed by atoms with van der Waals surface area (Å²) in [7, 11) is 0. The Morgan fingerprint density at radius 1 is 1.61 bits per heavy atom. The standard InChI is InChI=1S/C13H19FN2O2/c1-2-15-6-11-5-12(14)7-16-13(11)18-9-10-3-4-17-8-10/h5,7,10,15H,2-4,6,8-9H2,1H3. The third kappa shape index (κ3) is 3.65. The van der Waals surface area contributed by atoms with E-state index in [-0.39, 0.29) is 5.82 Å². The Balaban J connectivity index is 1.96. The van der Waals surface area contributed by atoms with Crippen molar-refractivity contribution in [1.29, 1.82) is 0 Å². The molecule has 0 radical (unpaired) electrons. The summed E-state index contributed by atoms with van der Waals surface area (Å²) >= 11 is 0. The van der Waals surface area contributed by atoms with Crippen LogP contribution in [0.3, 0.4) is 0 Å². The molecule has 1 aliphatic rings. The van der Waals surface area contributed by atoms with Crippen molar-refractivity contribution < 1.29 is 13.9 Å². The molecule has 5 heteroatoms. The fraction of sp³-hybridized carbons (Fsp3) is 0.615. The van der Waals surface area contributed by atoms with E-state index < -0.39 is 0 Å². The molecule has 1 saturated heterocycles. The van der Waals surface area contributed by atoms with Crippen molar-refractivity contribution in [1.82, 2.24) is 10.3 Å². The summed E-state index contributed by atoms with van der Waals surface area (Å²) in [6.07, 6.45) is 2.21. The van der Waals surface area contributed by atoms with Gasteiger partial charge in [0.15, 0.2) is 0 Å². The number of ether oxygens (including phenoxy) is 2. The zero-order chi connectivity index (χ0) is 12.8. The van der Waals surface area contributed by atoms with Gasteiger partial charge in [-0.2, -0.15) is 0 Å². The van der Waals surface area contributed by atoms with Crippen LogP contribution in [0.5, 0.6) is 5.88 Å². The van der Waals surface area contributed by atoms with Crippen molar-refractivity contribution >= 4 is 0 Å². The second-order valence-electron chi connectivity index (χ2n) is 4.44. The van der Waals surface area contributed by atoms with Crippen LogP contribution in [0, 0.1) is 11.7 Å². The third-order valence-corrected chi connectivity index (χ3v) is 2.94. The maximum atomic E-state index is 13.1. The van der Waals surface area contributed by atoms with Crippen LogP contribution >= 0.6 is 0 Å². The van der Waals surface area contributed by atoms with Gasteiger partial charge < -0.3 is 14.8 Å². The first-order chi connectivity index (χ1) is 8.79. The van der Waals surface area contributed by atoms with Crippen molar-refractivity contribution in [2.45, 2.75) is 19.9 Å². The lowest BCUT2D eigenvalue weighted by atomic mass is 10.1. The molecule has 0 saturated carbocycles. The van der Waals surface area contributed by atoms with E-state index in [4.69, 9.17) is 9.47 Å². The summed E-state index contributed by atoms with van der Waals surface area (Å²) in [4.78, 5) is 4.01. The van der Waals surface area contributed by atoms with Gasteiger partial charge in [-0.1, -0.05) is 6.92 Å². The Morgan fingerprint density at radius 2 is 2.50 bits per heavy atom. The molecule has 1 N–H and O–H groups in total. The summed E-state index contributed by atoms with van der Waals surface area (Å²) < 4.78 is 24.1. The van der Waals surface area contributed by atoms with Crippen LogP contribution < -0.4 is 10.1 Å². The molecule has 0 bridgehead atoms. The van der Waals surface area contributed by atoms with E-state index >= 15 is 0 Å². The summed E-state index contributed by atoms with van der Waals surface area (Å²) in [6.45, 7) is 5.52. The maximum absolute atomic E-state index is 13.1. The minimum absolute atomic E-state index is 0.334. The molecule has 1 aliphatic heterocycles. The van der Waals surface area contributed by atoms with Gasteiger partial charge in [0.05, 0.1) is 19.4 Å². The smallest absolute Gasteiger partial charge is 0.218 e. The lowest BCUT2D eigenvalue weighted by Gasteiger charge is -2.13. The molecule has 1 atom stereocenters. The highest BCUT2D eigenvalue weighted by Gasteiger charge is 2.17. The van der Waals surface area contributed by atoms with Gasteiger partial charge in [-0.15, -0.1) is 0 Å². The van der Waals surface area contributed by atoms with Gasteiger partial charge >= 0.3 is 0 Å². The van der Waals surface area contributed by atoms with Crippen molar-refractivity contribution in [3.8, 4) is 5.88 Å². The molecule has 1 aromatic heterocycles. The van der Waals surface area contributed by atoms with Crippen molar-refractivity contribution in [3.63, 3.8) is 0 Å². The van der Waals surface area contributed by atoms with Crippen LogP contribution in [0.1, 0.15) is 18.9 Å². The van der Waals surface area contributed by atoms with Crippen molar-refractivity contribution in [2.24, 2.45) is 5.92 Å². The maximum Gasteiger partial charge on any atom is 0.218 e. The Kier molecular flexibility index (Phi) is 4.90. The van der Waals surface area contributed by atoms with Crippen LogP contribution in [-0.4, -0.2) is 31.3 Å². The average molecular weight is 254 g/mol. The molecule has 0 aliphatic carbocycles. The van der Waals surface area contributed by atoms with Crippen molar-refractivity contribution in [3.05, 3.63) is 23.6 Å². The van der Waals surface area contributed by atoms with Gasteiger partial charge in [0.1, 0.15) is 5.82 Å². The quantitative estimate of drug-likeness (QED) is 0.840. The van der Waals surface area contributed by atoms with E-state index in [0.717, 1.165) is 31.7 Å². The highest BCUT2D eigenvalue weighted by molar-refractivity contribution is 5.26. The minimum atomic E-state index is -0.334. The van der Waals surface area contributed by atoms with Gasteiger partial charge in [0.2, 0.25) is 5.88 Å². The zero-order valence-electron chi connectivity index (χ0n) is 10.6.